The summed E-state index contributed by atoms with van der Waals surface area (Å²) >= 11 is 0. The molecule has 1 fully saturated rings. The molecule has 92 valence electrons. The molecule has 3 nitrogen and oxygen atoms in total. The fourth-order valence-corrected chi connectivity index (χ4v) is 3.21. The Morgan fingerprint density at radius 1 is 1.18 bits per heavy atom. The molecule has 0 amide bonds. The van der Waals surface area contributed by atoms with Gasteiger partial charge in [0.2, 0.25) is 5.16 Å². The number of benzene rings is 1. The summed E-state index contributed by atoms with van der Waals surface area (Å²) in [5.74, 6) is 0.772. The van der Waals surface area contributed by atoms with Crippen LogP contribution in [-0.2, 0) is 4.57 Å². The smallest absolute Gasteiger partial charge is 0.488 e. The lowest BCUT2D eigenvalue weighted by Gasteiger charge is -2.25. The Morgan fingerprint density at radius 3 is 2.41 bits per heavy atom. The van der Waals surface area contributed by atoms with Crippen molar-refractivity contribution in [3.8, 4) is 5.75 Å². The summed E-state index contributed by atoms with van der Waals surface area (Å²) in [6, 6.07) is 9.49. The van der Waals surface area contributed by atoms with Gasteiger partial charge in [-0.15, -0.1) is 0 Å². The van der Waals surface area contributed by atoms with E-state index < -0.39 is 13.2 Å². The van der Waals surface area contributed by atoms with E-state index in [4.69, 9.17) is 4.74 Å². The number of rotatable bonds is 4. The van der Waals surface area contributed by atoms with E-state index in [1.807, 2.05) is 30.3 Å². The molecule has 1 unspecified atom stereocenters. The molecule has 0 saturated heterocycles. The summed E-state index contributed by atoms with van der Waals surface area (Å²) in [5, 5.41) is -0.524. The van der Waals surface area contributed by atoms with Crippen molar-refractivity contribution >= 4 is 8.03 Å². The van der Waals surface area contributed by atoms with Gasteiger partial charge in [0.1, 0.15) is 12.4 Å². The topological polar surface area (TPSA) is 46.5 Å². The standard InChI is InChI=1S/C13H17O3P/c14-17(15)13(9-5-2-6-10-13)11-16-12-7-3-1-4-8-12/h1,3-4,7-8H,2,5-6,9-11H2/p+1. The lowest BCUT2D eigenvalue weighted by atomic mass is 9.89. The molecule has 1 atom stereocenters. The molecule has 0 aromatic heterocycles. The maximum absolute atomic E-state index is 11.6. The van der Waals surface area contributed by atoms with E-state index in [2.05, 4.69) is 0 Å². The molecule has 0 heterocycles. The average Bonchev–Trinajstić information content (AvgIpc) is 2.38. The summed E-state index contributed by atoms with van der Waals surface area (Å²) in [6.07, 6.45) is 4.81. The normalized spacial score (nSPS) is 19.7. The minimum absolute atomic E-state index is 0.350. The minimum Gasteiger partial charge on any atom is -0.488 e. The molecule has 2 rings (SSSR count). The largest absolute Gasteiger partial charge is 0.515 e. The van der Waals surface area contributed by atoms with Crippen LogP contribution in [0, 0.1) is 0 Å². The van der Waals surface area contributed by atoms with Crippen LogP contribution in [0.4, 0.5) is 0 Å². The highest BCUT2D eigenvalue weighted by molar-refractivity contribution is 7.40. The van der Waals surface area contributed by atoms with Gasteiger partial charge in [-0.3, -0.25) is 0 Å². The van der Waals surface area contributed by atoms with E-state index in [0.717, 1.165) is 37.9 Å². The van der Waals surface area contributed by atoms with Crippen LogP contribution in [0.25, 0.3) is 0 Å². The second-order valence-electron chi connectivity index (χ2n) is 4.66. The zero-order chi connectivity index (χ0) is 12.1. The van der Waals surface area contributed by atoms with Gasteiger partial charge in [0.25, 0.3) is 0 Å². The van der Waals surface area contributed by atoms with Crippen molar-refractivity contribution in [2.45, 2.75) is 37.3 Å². The molecule has 1 aliphatic rings. The third-order valence-corrected chi connectivity index (χ3v) is 4.83. The number of para-hydroxylation sites is 1. The van der Waals surface area contributed by atoms with Gasteiger partial charge >= 0.3 is 8.03 Å². The predicted octanol–water partition coefficient (Wildman–Crippen LogP) is 3.50. The van der Waals surface area contributed by atoms with E-state index in [1.165, 1.54) is 0 Å². The van der Waals surface area contributed by atoms with Crippen LogP contribution in [0.15, 0.2) is 30.3 Å². The summed E-state index contributed by atoms with van der Waals surface area (Å²) in [7, 11) is -2.17. The summed E-state index contributed by atoms with van der Waals surface area (Å²) in [4.78, 5) is 9.53. The molecular formula is C13H18O3P+. The van der Waals surface area contributed by atoms with Crippen LogP contribution >= 0.6 is 8.03 Å². The molecule has 1 aromatic rings. The average molecular weight is 253 g/mol. The molecule has 0 radical (unpaired) electrons. The van der Waals surface area contributed by atoms with E-state index >= 15 is 0 Å². The van der Waals surface area contributed by atoms with Gasteiger partial charge in [-0.25, -0.2) is 0 Å². The number of hydrogen-bond acceptors (Lipinski definition) is 2. The molecule has 4 heteroatoms. The molecular weight excluding hydrogens is 235 g/mol. The van der Waals surface area contributed by atoms with Crippen molar-refractivity contribution in [1.29, 1.82) is 0 Å². The first-order chi connectivity index (χ1) is 8.23. The lowest BCUT2D eigenvalue weighted by molar-refractivity contribution is 0.217. The van der Waals surface area contributed by atoms with Gasteiger partial charge in [-0.1, -0.05) is 24.6 Å². The van der Waals surface area contributed by atoms with Crippen LogP contribution in [0.5, 0.6) is 5.75 Å². The van der Waals surface area contributed by atoms with Crippen molar-refractivity contribution in [3.05, 3.63) is 30.3 Å². The molecule has 17 heavy (non-hydrogen) atoms. The van der Waals surface area contributed by atoms with E-state index in [-0.39, 0.29) is 0 Å². The van der Waals surface area contributed by atoms with Crippen molar-refractivity contribution < 1.29 is 14.2 Å². The maximum atomic E-state index is 11.6. The molecule has 0 bridgehead atoms. The molecule has 1 saturated carbocycles. The first-order valence-corrected chi connectivity index (χ1v) is 7.28. The first-order valence-electron chi connectivity index (χ1n) is 6.07. The molecule has 1 N–H and O–H groups in total. The number of ether oxygens (including phenoxy) is 1. The van der Waals surface area contributed by atoms with Gasteiger partial charge in [0, 0.05) is 12.8 Å². The fourth-order valence-electron chi connectivity index (χ4n) is 2.34. The van der Waals surface area contributed by atoms with Crippen molar-refractivity contribution in [3.63, 3.8) is 0 Å². The minimum atomic E-state index is -2.17. The Labute approximate surface area is 103 Å². The quantitative estimate of drug-likeness (QED) is 0.835. The Kier molecular flexibility index (Phi) is 4.14. The van der Waals surface area contributed by atoms with E-state index in [9.17, 15) is 9.46 Å². The summed E-state index contributed by atoms with van der Waals surface area (Å²) < 4.78 is 17.2. The zero-order valence-corrected chi connectivity index (χ0v) is 10.7. The molecule has 0 spiro atoms. The fraction of sp³-hybridized carbons (Fsp3) is 0.538. The second-order valence-corrected chi connectivity index (χ2v) is 6.15. The highest BCUT2D eigenvalue weighted by atomic mass is 31.1. The zero-order valence-electron chi connectivity index (χ0n) is 9.84. The lowest BCUT2D eigenvalue weighted by Crippen LogP contribution is -2.34. The third-order valence-electron chi connectivity index (χ3n) is 3.44. The van der Waals surface area contributed by atoms with Crippen molar-refractivity contribution in [1.82, 2.24) is 0 Å². The van der Waals surface area contributed by atoms with Gasteiger partial charge < -0.3 is 4.74 Å². The molecule has 0 aliphatic heterocycles. The molecule has 1 aliphatic carbocycles. The molecule has 1 aromatic carbocycles. The van der Waals surface area contributed by atoms with E-state index in [1.54, 1.807) is 0 Å². The highest BCUT2D eigenvalue weighted by Crippen LogP contribution is 2.46. The van der Waals surface area contributed by atoms with Gasteiger partial charge in [0.05, 0.1) is 0 Å². The van der Waals surface area contributed by atoms with Gasteiger partial charge in [0.15, 0.2) is 0 Å². The van der Waals surface area contributed by atoms with Crippen molar-refractivity contribution in [2.24, 2.45) is 0 Å². The summed E-state index contributed by atoms with van der Waals surface area (Å²) in [6.45, 7) is 0.350. The van der Waals surface area contributed by atoms with Crippen LogP contribution < -0.4 is 4.74 Å². The Morgan fingerprint density at radius 2 is 1.82 bits per heavy atom. The van der Waals surface area contributed by atoms with Crippen LogP contribution in [-0.4, -0.2) is 16.7 Å². The van der Waals surface area contributed by atoms with E-state index in [0.29, 0.717) is 6.61 Å². The van der Waals surface area contributed by atoms with Crippen LogP contribution in [0.2, 0.25) is 0 Å². The van der Waals surface area contributed by atoms with Crippen molar-refractivity contribution in [2.75, 3.05) is 6.61 Å². The number of hydrogen-bond donors (Lipinski definition) is 1. The highest BCUT2D eigenvalue weighted by Gasteiger charge is 2.50. The second kappa shape index (κ2) is 5.61. The SMILES string of the molecule is O=[P+](O)C1(COc2ccccc2)CCCCC1. The van der Waals surface area contributed by atoms with Crippen LogP contribution in [0.1, 0.15) is 32.1 Å². The van der Waals surface area contributed by atoms with Gasteiger partial charge in [-0.05, 0) is 29.5 Å². The third kappa shape index (κ3) is 3.05. The van der Waals surface area contributed by atoms with Crippen LogP contribution in [0.3, 0.4) is 0 Å². The Bertz CT molecular complexity index is 372. The monoisotopic (exact) mass is 253 g/mol. The first kappa shape index (κ1) is 12.5. The van der Waals surface area contributed by atoms with Gasteiger partial charge in [-0.2, -0.15) is 4.89 Å². The predicted molar refractivity (Wildman–Crippen MR) is 67.6 cm³/mol. The Balaban J connectivity index is 2.01. The maximum Gasteiger partial charge on any atom is 0.515 e. The summed E-state index contributed by atoms with van der Waals surface area (Å²) in [5.41, 5.74) is 0. The Hall–Kier alpha value is -0.920.